The Morgan fingerprint density at radius 1 is 1.32 bits per heavy atom. The second-order valence-corrected chi connectivity index (χ2v) is 7.14. The van der Waals surface area contributed by atoms with E-state index in [1.807, 2.05) is 0 Å². The van der Waals surface area contributed by atoms with Crippen LogP contribution in [0, 0.1) is 0 Å². The number of hydrogen-bond acceptors (Lipinski definition) is 4. The SMILES string of the molecule is CCCCNC(=O)[C@H](C)Oc1ccc(N(C)S(C)(=O)=O)cc1. The topological polar surface area (TPSA) is 75.7 Å². The first kappa shape index (κ1) is 18.3. The van der Waals surface area contributed by atoms with Crippen LogP contribution in [0.25, 0.3) is 0 Å². The number of amides is 1. The number of nitrogens with zero attached hydrogens (tertiary/aromatic N) is 1. The highest BCUT2D eigenvalue weighted by Gasteiger charge is 2.15. The molecule has 0 fully saturated rings. The predicted octanol–water partition coefficient (Wildman–Crippen LogP) is 1.77. The van der Waals surface area contributed by atoms with Gasteiger partial charge in [0.2, 0.25) is 10.0 Å². The molecule has 1 N–H and O–H groups in total. The number of carbonyl (C=O) groups is 1. The average Bonchev–Trinajstić information content (AvgIpc) is 2.46. The first-order valence-corrected chi connectivity index (χ1v) is 9.09. The van der Waals surface area contributed by atoms with Gasteiger partial charge in [-0.1, -0.05) is 13.3 Å². The number of hydrogen-bond donors (Lipinski definition) is 1. The molecule has 7 heteroatoms. The van der Waals surface area contributed by atoms with Gasteiger partial charge in [-0.3, -0.25) is 9.10 Å². The van der Waals surface area contributed by atoms with E-state index >= 15 is 0 Å². The summed E-state index contributed by atoms with van der Waals surface area (Å²) in [6.45, 7) is 4.38. The van der Waals surface area contributed by atoms with Crippen LogP contribution in [0.2, 0.25) is 0 Å². The van der Waals surface area contributed by atoms with Crippen molar-refractivity contribution in [3.8, 4) is 5.75 Å². The molecule has 0 saturated heterocycles. The Balaban J connectivity index is 2.62. The molecule has 0 aromatic heterocycles. The molecular formula is C15H24N2O4S. The van der Waals surface area contributed by atoms with Crippen molar-refractivity contribution >= 4 is 21.6 Å². The van der Waals surface area contributed by atoms with Crippen molar-refractivity contribution in [3.05, 3.63) is 24.3 Å². The average molecular weight is 328 g/mol. The third kappa shape index (κ3) is 5.55. The molecule has 0 saturated carbocycles. The Kier molecular flexibility index (Phi) is 6.67. The van der Waals surface area contributed by atoms with Crippen molar-refractivity contribution in [3.63, 3.8) is 0 Å². The van der Waals surface area contributed by atoms with Crippen LogP contribution in [-0.2, 0) is 14.8 Å². The van der Waals surface area contributed by atoms with Crippen molar-refractivity contribution in [2.24, 2.45) is 0 Å². The molecule has 1 amide bonds. The molecule has 1 rings (SSSR count). The van der Waals surface area contributed by atoms with Gasteiger partial charge >= 0.3 is 0 Å². The van der Waals surface area contributed by atoms with Crippen LogP contribution in [0.3, 0.4) is 0 Å². The Morgan fingerprint density at radius 2 is 1.91 bits per heavy atom. The molecule has 124 valence electrons. The highest BCUT2D eigenvalue weighted by atomic mass is 32.2. The molecule has 0 aliphatic carbocycles. The summed E-state index contributed by atoms with van der Waals surface area (Å²) in [5, 5.41) is 2.80. The van der Waals surface area contributed by atoms with Crippen LogP contribution in [0.15, 0.2) is 24.3 Å². The molecule has 0 spiro atoms. The minimum atomic E-state index is -3.29. The molecule has 0 aliphatic heterocycles. The van der Waals surface area contributed by atoms with Crippen LogP contribution >= 0.6 is 0 Å². The number of ether oxygens (including phenoxy) is 1. The highest BCUT2D eigenvalue weighted by Crippen LogP contribution is 2.20. The zero-order valence-electron chi connectivity index (χ0n) is 13.5. The number of sulfonamides is 1. The second kappa shape index (κ2) is 8.03. The molecule has 0 bridgehead atoms. The Morgan fingerprint density at radius 3 is 2.41 bits per heavy atom. The van der Waals surface area contributed by atoms with Gasteiger partial charge in [0.15, 0.2) is 6.10 Å². The van der Waals surface area contributed by atoms with Gasteiger partial charge in [0, 0.05) is 13.6 Å². The van der Waals surface area contributed by atoms with E-state index in [1.165, 1.54) is 11.4 Å². The zero-order chi connectivity index (χ0) is 16.8. The van der Waals surface area contributed by atoms with Gasteiger partial charge in [0.25, 0.3) is 5.91 Å². The molecule has 0 aliphatic rings. The lowest BCUT2D eigenvalue weighted by molar-refractivity contribution is -0.127. The number of unbranched alkanes of at least 4 members (excludes halogenated alkanes) is 1. The van der Waals surface area contributed by atoms with E-state index < -0.39 is 16.1 Å². The standard InChI is InChI=1S/C15H24N2O4S/c1-5-6-11-16-15(18)12(2)21-14-9-7-13(8-10-14)17(3)22(4,19)20/h7-10,12H,5-6,11H2,1-4H3,(H,16,18)/t12-/m0/s1. The minimum absolute atomic E-state index is 0.161. The summed E-state index contributed by atoms with van der Waals surface area (Å²) in [6, 6.07) is 6.57. The molecule has 22 heavy (non-hydrogen) atoms. The van der Waals surface area contributed by atoms with Crippen LogP contribution in [-0.4, -0.2) is 40.3 Å². The smallest absolute Gasteiger partial charge is 0.260 e. The fourth-order valence-corrected chi connectivity index (χ4v) is 2.22. The summed E-state index contributed by atoms with van der Waals surface area (Å²) in [5.41, 5.74) is 0.537. The normalized spacial score (nSPS) is 12.5. The van der Waals surface area contributed by atoms with E-state index in [-0.39, 0.29) is 5.91 Å². The van der Waals surface area contributed by atoms with Gasteiger partial charge in [0.1, 0.15) is 5.75 Å². The molecule has 1 aromatic carbocycles. The molecule has 1 atom stereocenters. The summed E-state index contributed by atoms with van der Waals surface area (Å²) < 4.78 is 29.6. The number of anilines is 1. The summed E-state index contributed by atoms with van der Waals surface area (Å²) in [5.74, 6) is 0.356. The molecule has 1 aromatic rings. The van der Waals surface area contributed by atoms with Gasteiger partial charge < -0.3 is 10.1 Å². The van der Waals surface area contributed by atoms with Crippen molar-refractivity contribution in [2.45, 2.75) is 32.8 Å². The Hall–Kier alpha value is -1.76. The minimum Gasteiger partial charge on any atom is -0.481 e. The number of nitrogens with one attached hydrogen (secondary N) is 1. The summed E-state index contributed by atoms with van der Waals surface area (Å²) in [7, 11) is -1.81. The van der Waals surface area contributed by atoms with E-state index in [4.69, 9.17) is 4.74 Å². The molecule has 0 heterocycles. The Bertz CT molecular complexity index is 584. The molecule has 0 unspecified atom stereocenters. The van der Waals surface area contributed by atoms with E-state index in [1.54, 1.807) is 31.2 Å². The third-order valence-electron chi connectivity index (χ3n) is 3.21. The number of carbonyl (C=O) groups excluding carboxylic acids is 1. The largest absolute Gasteiger partial charge is 0.481 e. The van der Waals surface area contributed by atoms with E-state index in [0.29, 0.717) is 18.0 Å². The van der Waals surface area contributed by atoms with E-state index in [9.17, 15) is 13.2 Å². The summed E-state index contributed by atoms with van der Waals surface area (Å²) in [4.78, 5) is 11.8. The van der Waals surface area contributed by atoms with Crippen LogP contribution < -0.4 is 14.4 Å². The van der Waals surface area contributed by atoms with Gasteiger partial charge in [-0.2, -0.15) is 0 Å². The summed E-state index contributed by atoms with van der Waals surface area (Å²) in [6.07, 6.45) is 2.49. The number of benzene rings is 1. The van der Waals surface area contributed by atoms with Gasteiger partial charge in [0.05, 0.1) is 11.9 Å². The van der Waals surface area contributed by atoms with Crippen molar-refractivity contribution < 1.29 is 17.9 Å². The lowest BCUT2D eigenvalue weighted by atomic mass is 10.3. The first-order chi connectivity index (χ1) is 10.3. The van der Waals surface area contributed by atoms with E-state index in [2.05, 4.69) is 12.2 Å². The molecule has 0 radical (unpaired) electrons. The maximum Gasteiger partial charge on any atom is 0.260 e. The number of rotatable bonds is 8. The third-order valence-corrected chi connectivity index (χ3v) is 4.42. The first-order valence-electron chi connectivity index (χ1n) is 7.24. The maximum atomic E-state index is 11.8. The lowest BCUT2D eigenvalue weighted by Crippen LogP contribution is -2.36. The molecule has 6 nitrogen and oxygen atoms in total. The van der Waals surface area contributed by atoms with Crippen LogP contribution in [0.4, 0.5) is 5.69 Å². The fourth-order valence-electron chi connectivity index (χ4n) is 1.72. The van der Waals surface area contributed by atoms with Gasteiger partial charge in [-0.25, -0.2) is 8.42 Å². The highest BCUT2D eigenvalue weighted by molar-refractivity contribution is 7.92. The predicted molar refractivity (Wildman–Crippen MR) is 87.7 cm³/mol. The van der Waals surface area contributed by atoms with Crippen molar-refractivity contribution in [1.29, 1.82) is 0 Å². The van der Waals surface area contributed by atoms with Crippen LogP contribution in [0.1, 0.15) is 26.7 Å². The van der Waals surface area contributed by atoms with Gasteiger partial charge in [-0.15, -0.1) is 0 Å². The van der Waals surface area contributed by atoms with Crippen LogP contribution in [0.5, 0.6) is 5.75 Å². The molecular weight excluding hydrogens is 304 g/mol. The van der Waals surface area contributed by atoms with Crippen molar-refractivity contribution in [1.82, 2.24) is 5.32 Å². The summed E-state index contributed by atoms with van der Waals surface area (Å²) >= 11 is 0. The monoisotopic (exact) mass is 328 g/mol. The maximum absolute atomic E-state index is 11.8. The lowest BCUT2D eigenvalue weighted by Gasteiger charge is -2.18. The van der Waals surface area contributed by atoms with Gasteiger partial charge in [-0.05, 0) is 37.6 Å². The second-order valence-electron chi connectivity index (χ2n) is 5.13. The zero-order valence-corrected chi connectivity index (χ0v) is 14.3. The Labute approximate surface area is 132 Å². The quantitative estimate of drug-likeness (QED) is 0.738. The van der Waals surface area contributed by atoms with E-state index in [0.717, 1.165) is 19.1 Å². The van der Waals surface area contributed by atoms with Crippen molar-refractivity contribution in [2.75, 3.05) is 24.2 Å². The fraction of sp³-hybridized carbons (Fsp3) is 0.533.